The van der Waals surface area contributed by atoms with Crippen molar-refractivity contribution in [2.45, 2.75) is 6.54 Å². The summed E-state index contributed by atoms with van der Waals surface area (Å²) in [6.07, 6.45) is 6.04. The van der Waals surface area contributed by atoms with Crippen LogP contribution in [0.5, 0.6) is 0 Å². The van der Waals surface area contributed by atoms with E-state index in [1.165, 1.54) is 35.2 Å². The molecule has 1 heterocycles. The van der Waals surface area contributed by atoms with E-state index in [9.17, 15) is 13.6 Å². The number of hydrogen-bond donors (Lipinski definition) is 1. The van der Waals surface area contributed by atoms with E-state index < -0.39 is 0 Å². The predicted octanol–water partition coefficient (Wildman–Crippen LogP) is 3.86. The maximum absolute atomic E-state index is 13.6. The van der Waals surface area contributed by atoms with E-state index in [0.29, 0.717) is 16.8 Å². The summed E-state index contributed by atoms with van der Waals surface area (Å²) >= 11 is 0. The van der Waals surface area contributed by atoms with Gasteiger partial charge in [-0.15, -0.1) is 0 Å². The first kappa shape index (κ1) is 16.6. The minimum Gasteiger partial charge on any atom is -0.320 e. The van der Waals surface area contributed by atoms with Crippen molar-refractivity contribution in [3.8, 4) is 0 Å². The summed E-state index contributed by atoms with van der Waals surface area (Å²) in [5, 5.41) is 6.77. The summed E-state index contributed by atoms with van der Waals surface area (Å²) < 4.78 is 28.0. The van der Waals surface area contributed by atoms with Gasteiger partial charge in [-0.2, -0.15) is 5.10 Å². The maximum atomic E-state index is 13.6. The first-order valence-electron chi connectivity index (χ1n) is 7.61. The lowest BCUT2D eigenvalue weighted by atomic mass is 10.2. The van der Waals surface area contributed by atoms with Gasteiger partial charge in [-0.25, -0.2) is 8.78 Å². The van der Waals surface area contributed by atoms with Crippen molar-refractivity contribution in [3.05, 3.63) is 89.8 Å². The highest BCUT2D eigenvalue weighted by Crippen LogP contribution is 2.11. The quantitative estimate of drug-likeness (QED) is 0.718. The van der Waals surface area contributed by atoms with Crippen LogP contribution in [-0.2, 0) is 11.3 Å². The SMILES string of the molecule is O=C(/C=C/c1ccc(F)cc1)Nc1cnn(Cc2ccccc2F)c1. The van der Waals surface area contributed by atoms with Gasteiger partial charge < -0.3 is 5.32 Å². The Morgan fingerprint density at radius 2 is 1.88 bits per heavy atom. The predicted molar refractivity (Wildman–Crippen MR) is 91.8 cm³/mol. The van der Waals surface area contributed by atoms with Gasteiger partial charge in [0, 0.05) is 17.8 Å². The van der Waals surface area contributed by atoms with Crippen molar-refractivity contribution in [2.75, 3.05) is 5.32 Å². The van der Waals surface area contributed by atoms with Gasteiger partial charge in [0.25, 0.3) is 0 Å². The number of carbonyl (C=O) groups is 1. The molecule has 0 fully saturated rings. The van der Waals surface area contributed by atoms with Gasteiger partial charge in [-0.3, -0.25) is 9.48 Å². The normalized spacial score (nSPS) is 11.0. The van der Waals surface area contributed by atoms with E-state index in [4.69, 9.17) is 0 Å². The molecule has 0 atom stereocenters. The van der Waals surface area contributed by atoms with Crippen molar-refractivity contribution in [1.82, 2.24) is 9.78 Å². The molecule has 0 bridgehead atoms. The molecule has 6 heteroatoms. The third-order valence-electron chi connectivity index (χ3n) is 3.49. The Balaban J connectivity index is 1.60. The monoisotopic (exact) mass is 339 g/mol. The second kappa shape index (κ2) is 7.53. The van der Waals surface area contributed by atoms with Crippen LogP contribution in [0, 0.1) is 11.6 Å². The van der Waals surface area contributed by atoms with Crippen molar-refractivity contribution in [2.24, 2.45) is 0 Å². The van der Waals surface area contributed by atoms with E-state index in [1.54, 1.807) is 42.6 Å². The molecule has 25 heavy (non-hydrogen) atoms. The number of carbonyl (C=O) groups excluding carboxylic acids is 1. The Labute approximate surface area is 143 Å². The summed E-state index contributed by atoms with van der Waals surface area (Å²) in [4.78, 5) is 11.9. The number of anilines is 1. The number of nitrogens with zero attached hydrogens (tertiary/aromatic N) is 2. The standard InChI is InChI=1S/C19H15F2N3O/c20-16-8-5-14(6-9-16)7-10-19(25)23-17-11-22-24(13-17)12-15-3-1-2-4-18(15)21/h1-11,13H,12H2,(H,23,25)/b10-7+. The lowest BCUT2D eigenvalue weighted by Gasteiger charge is -2.02. The van der Waals surface area contributed by atoms with Crippen LogP contribution in [0.3, 0.4) is 0 Å². The van der Waals surface area contributed by atoms with Crippen LogP contribution in [0.2, 0.25) is 0 Å². The largest absolute Gasteiger partial charge is 0.320 e. The number of rotatable bonds is 5. The highest BCUT2D eigenvalue weighted by molar-refractivity contribution is 6.01. The van der Waals surface area contributed by atoms with Gasteiger partial charge in [0.05, 0.1) is 18.4 Å². The smallest absolute Gasteiger partial charge is 0.248 e. The van der Waals surface area contributed by atoms with E-state index in [0.717, 1.165) is 0 Å². The molecule has 126 valence electrons. The van der Waals surface area contributed by atoms with Crippen molar-refractivity contribution in [1.29, 1.82) is 0 Å². The Bertz CT molecular complexity index is 901. The average Bonchev–Trinajstić information content (AvgIpc) is 3.03. The minimum absolute atomic E-state index is 0.272. The lowest BCUT2D eigenvalue weighted by Crippen LogP contribution is -2.07. The molecule has 0 unspecified atom stereocenters. The zero-order valence-corrected chi connectivity index (χ0v) is 13.2. The van der Waals surface area contributed by atoms with E-state index >= 15 is 0 Å². The van der Waals surface area contributed by atoms with Gasteiger partial charge in [0.2, 0.25) is 5.91 Å². The molecule has 3 aromatic rings. The Morgan fingerprint density at radius 3 is 2.64 bits per heavy atom. The van der Waals surface area contributed by atoms with E-state index in [1.807, 2.05) is 0 Å². The Hall–Kier alpha value is -3.28. The first-order chi connectivity index (χ1) is 12.1. The number of amides is 1. The van der Waals surface area contributed by atoms with E-state index in [-0.39, 0.29) is 24.1 Å². The van der Waals surface area contributed by atoms with Crippen LogP contribution in [-0.4, -0.2) is 15.7 Å². The molecule has 0 saturated heterocycles. The molecule has 0 aliphatic carbocycles. The fourth-order valence-electron chi connectivity index (χ4n) is 2.25. The second-order valence-electron chi connectivity index (χ2n) is 5.39. The molecule has 1 N–H and O–H groups in total. The highest BCUT2D eigenvalue weighted by Gasteiger charge is 2.05. The number of aromatic nitrogens is 2. The molecule has 1 amide bonds. The van der Waals surface area contributed by atoms with Crippen LogP contribution in [0.4, 0.5) is 14.5 Å². The third kappa shape index (κ3) is 4.60. The lowest BCUT2D eigenvalue weighted by molar-refractivity contribution is -0.111. The van der Waals surface area contributed by atoms with Gasteiger partial charge in [-0.05, 0) is 29.8 Å². The Morgan fingerprint density at radius 1 is 1.12 bits per heavy atom. The number of nitrogens with one attached hydrogen (secondary N) is 1. The molecule has 4 nitrogen and oxygen atoms in total. The number of benzene rings is 2. The highest BCUT2D eigenvalue weighted by atomic mass is 19.1. The minimum atomic E-state index is -0.338. The van der Waals surface area contributed by atoms with Gasteiger partial charge in [0.15, 0.2) is 0 Å². The summed E-state index contributed by atoms with van der Waals surface area (Å²) in [5.74, 6) is -0.968. The van der Waals surface area contributed by atoms with Gasteiger partial charge in [-0.1, -0.05) is 30.3 Å². The Kier molecular flexibility index (Phi) is 4.99. The second-order valence-corrected chi connectivity index (χ2v) is 5.39. The molecular formula is C19H15F2N3O. The number of hydrogen-bond acceptors (Lipinski definition) is 2. The first-order valence-corrected chi connectivity index (χ1v) is 7.61. The van der Waals surface area contributed by atoms with Crippen molar-refractivity contribution >= 4 is 17.7 Å². The van der Waals surface area contributed by atoms with Crippen LogP contribution < -0.4 is 5.32 Å². The fraction of sp³-hybridized carbons (Fsp3) is 0.0526. The summed E-state index contributed by atoms with van der Waals surface area (Å²) in [5.41, 5.74) is 1.73. The summed E-state index contributed by atoms with van der Waals surface area (Å²) in [6, 6.07) is 12.3. The molecule has 3 rings (SSSR count). The van der Waals surface area contributed by atoms with Crippen LogP contribution >= 0.6 is 0 Å². The molecule has 1 aromatic heterocycles. The van der Waals surface area contributed by atoms with Gasteiger partial charge >= 0.3 is 0 Å². The van der Waals surface area contributed by atoms with Crippen molar-refractivity contribution < 1.29 is 13.6 Å². The molecule has 0 aliphatic rings. The maximum Gasteiger partial charge on any atom is 0.248 e. The zero-order chi connectivity index (χ0) is 17.6. The van der Waals surface area contributed by atoms with Crippen LogP contribution in [0.15, 0.2) is 67.0 Å². The summed E-state index contributed by atoms with van der Waals surface area (Å²) in [6.45, 7) is 0.272. The van der Waals surface area contributed by atoms with E-state index in [2.05, 4.69) is 10.4 Å². The van der Waals surface area contributed by atoms with Crippen molar-refractivity contribution in [3.63, 3.8) is 0 Å². The molecule has 0 saturated carbocycles. The molecule has 2 aromatic carbocycles. The number of halogens is 2. The summed E-state index contributed by atoms with van der Waals surface area (Å²) in [7, 11) is 0. The molecule has 0 radical (unpaired) electrons. The molecule has 0 spiro atoms. The average molecular weight is 339 g/mol. The van der Waals surface area contributed by atoms with Crippen LogP contribution in [0.25, 0.3) is 6.08 Å². The topological polar surface area (TPSA) is 46.9 Å². The van der Waals surface area contributed by atoms with Crippen LogP contribution in [0.1, 0.15) is 11.1 Å². The molecular weight excluding hydrogens is 324 g/mol. The van der Waals surface area contributed by atoms with Gasteiger partial charge in [0.1, 0.15) is 11.6 Å². The zero-order valence-electron chi connectivity index (χ0n) is 13.2. The molecule has 0 aliphatic heterocycles. The fourth-order valence-corrected chi connectivity index (χ4v) is 2.25. The third-order valence-corrected chi connectivity index (χ3v) is 3.49.